The number of carbonyl (C=O) groups excluding carboxylic acids is 2. The van der Waals surface area contributed by atoms with Crippen molar-refractivity contribution in [2.75, 3.05) is 5.32 Å². The zero-order valence-corrected chi connectivity index (χ0v) is 9.10. The quantitative estimate of drug-likeness (QED) is 0.755. The number of rotatable bonds is 4. The number of hydrogen-bond donors (Lipinski definition) is 2. The first-order valence-corrected chi connectivity index (χ1v) is 4.64. The highest BCUT2D eigenvalue weighted by Crippen LogP contribution is 2.18. The molecule has 1 radical (unpaired) electrons. The zero-order chi connectivity index (χ0) is 12.2. The second kappa shape index (κ2) is 4.69. The number of aromatic nitrogens is 2. The van der Waals surface area contributed by atoms with E-state index in [2.05, 4.69) is 15.3 Å². The number of hydrogen-bond acceptors (Lipinski definition) is 4. The summed E-state index contributed by atoms with van der Waals surface area (Å²) in [5, 5.41) is 2.48. The number of nitrogens with two attached hydrogens (primary N) is 1. The topological polar surface area (TPSA) is 98.0 Å². The van der Waals surface area contributed by atoms with Crippen LogP contribution >= 0.6 is 0 Å². The van der Waals surface area contributed by atoms with Crippen LogP contribution in [-0.4, -0.2) is 21.8 Å². The molecule has 0 saturated heterocycles. The van der Waals surface area contributed by atoms with E-state index in [1.165, 1.54) is 25.0 Å². The Labute approximate surface area is 93.3 Å². The highest BCUT2D eigenvalue weighted by Gasteiger charge is 2.28. The molecule has 0 saturated carbocycles. The van der Waals surface area contributed by atoms with Crippen molar-refractivity contribution in [2.45, 2.75) is 13.8 Å². The third kappa shape index (κ3) is 3.30. The second-order valence-electron chi connectivity index (χ2n) is 3.81. The van der Waals surface area contributed by atoms with Crippen molar-refractivity contribution < 1.29 is 9.59 Å². The van der Waals surface area contributed by atoms with Crippen LogP contribution in [0.1, 0.15) is 13.8 Å². The summed E-state index contributed by atoms with van der Waals surface area (Å²) in [5.41, 5.74) is 4.14. The van der Waals surface area contributed by atoms with E-state index in [0.29, 0.717) is 5.82 Å². The summed E-state index contributed by atoms with van der Waals surface area (Å²) in [4.78, 5) is 30.1. The van der Waals surface area contributed by atoms with Crippen molar-refractivity contribution in [1.82, 2.24) is 9.97 Å². The number of amides is 2. The van der Waals surface area contributed by atoms with Crippen LogP contribution in [0.3, 0.4) is 0 Å². The molecule has 0 aromatic carbocycles. The molecule has 0 fully saturated rings. The molecular formula is C10H13N4O2. The minimum absolute atomic E-state index is 0.323. The van der Waals surface area contributed by atoms with Crippen LogP contribution < -0.4 is 11.1 Å². The Kier molecular flexibility index (Phi) is 3.55. The van der Waals surface area contributed by atoms with E-state index < -0.39 is 17.2 Å². The van der Waals surface area contributed by atoms with Gasteiger partial charge in [-0.25, -0.2) is 4.98 Å². The van der Waals surface area contributed by atoms with Gasteiger partial charge in [0, 0.05) is 12.4 Å². The Hall–Kier alpha value is -1.98. The van der Waals surface area contributed by atoms with E-state index >= 15 is 0 Å². The van der Waals surface area contributed by atoms with Gasteiger partial charge >= 0.3 is 0 Å². The Morgan fingerprint density at radius 1 is 1.44 bits per heavy atom. The van der Waals surface area contributed by atoms with Gasteiger partial charge in [-0.2, -0.15) is 0 Å². The lowest BCUT2D eigenvalue weighted by molar-refractivity contribution is -0.127. The van der Waals surface area contributed by atoms with Crippen LogP contribution in [0.4, 0.5) is 5.82 Å². The van der Waals surface area contributed by atoms with E-state index in [4.69, 9.17) is 5.73 Å². The van der Waals surface area contributed by atoms with E-state index in [-0.39, 0.29) is 0 Å². The molecule has 0 aliphatic heterocycles. The SMILES string of the molecule is CC(C)([CH]C(=O)Nc1cnccn1)C(N)=O. The van der Waals surface area contributed by atoms with Gasteiger partial charge in [-0.05, 0) is 0 Å². The number of carbonyl (C=O) groups is 2. The lowest BCUT2D eigenvalue weighted by Crippen LogP contribution is -2.35. The summed E-state index contributed by atoms with van der Waals surface area (Å²) in [5.74, 6) is -0.685. The Balaban J connectivity index is 2.58. The maximum absolute atomic E-state index is 11.5. The van der Waals surface area contributed by atoms with Gasteiger partial charge in [0.25, 0.3) is 0 Å². The molecule has 0 aliphatic carbocycles. The Morgan fingerprint density at radius 2 is 2.12 bits per heavy atom. The van der Waals surface area contributed by atoms with Crippen LogP contribution in [0.2, 0.25) is 0 Å². The summed E-state index contributed by atoms with van der Waals surface area (Å²) in [6.45, 7) is 3.12. The third-order valence-corrected chi connectivity index (χ3v) is 1.94. The Bertz CT molecular complexity index is 389. The van der Waals surface area contributed by atoms with Gasteiger partial charge in [0.2, 0.25) is 11.8 Å². The first-order valence-electron chi connectivity index (χ1n) is 4.64. The van der Waals surface area contributed by atoms with Gasteiger partial charge in [0.15, 0.2) is 5.82 Å². The summed E-state index contributed by atoms with van der Waals surface area (Å²) < 4.78 is 0. The lowest BCUT2D eigenvalue weighted by Gasteiger charge is -2.18. The Morgan fingerprint density at radius 3 is 2.62 bits per heavy atom. The van der Waals surface area contributed by atoms with Gasteiger partial charge in [0.1, 0.15) is 0 Å². The van der Waals surface area contributed by atoms with Crippen molar-refractivity contribution in [3.63, 3.8) is 0 Å². The van der Waals surface area contributed by atoms with E-state index in [9.17, 15) is 9.59 Å². The zero-order valence-electron chi connectivity index (χ0n) is 9.10. The molecule has 0 unspecified atom stereocenters. The van der Waals surface area contributed by atoms with E-state index in [1.807, 2.05) is 0 Å². The first kappa shape index (κ1) is 12.1. The van der Waals surface area contributed by atoms with Gasteiger partial charge in [-0.3, -0.25) is 14.6 Å². The average molecular weight is 221 g/mol. The minimum atomic E-state index is -0.994. The minimum Gasteiger partial charge on any atom is -0.369 e. The smallest absolute Gasteiger partial charge is 0.230 e. The highest BCUT2D eigenvalue weighted by atomic mass is 16.2. The predicted molar refractivity (Wildman–Crippen MR) is 57.9 cm³/mol. The molecule has 1 rings (SSSR count). The summed E-state index contributed by atoms with van der Waals surface area (Å²) in [6, 6.07) is 0. The maximum Gasteiger partial charge on any atom is 0.230 e. The number of nitrogens with one attached hydrogen (secondary N) is 1. The molecular weight excluding hydrogens is 208 g/mol. The van der Waals surface area contributed by atoms with Crippen LogP contribution in [0, 0.1) is 11.8 Å². The normalized spacial score (nSPS) is 10.9. The number of nitrogens with zero attached hydrogens (tertiary/aromatic N) is 2. The van der Waals surface area contributed by atoms with Gasteiger partial charge in [-0.15, -0.1) is 0 Å². The average Bonchev–Trinajstić information content (AvgIpc) is 2.17. The molecule has 0 atom stereocenters. The molecule has 3 N–H and O–H groups in total. The van der Waals surface area contributed by atoms with Crippen molar-refractivity contribution in [1.29, 1.82) is 0 Å². The molecule has 0 bridgehead atoms. The fraction of sp³-hybridized carbons (Fsp3) is 0.300. The largest absolute Gasteiger partial charge is 0.369 e. The summed E-state index contributed by atoms with van der Waals surface area (Å²) >= 11 is 0. The molecule has 0 aliphatic rings. The molecule has 1 heterocycles. The van der Waals surface area contributed by atoms with Gasteiger partial charge in [0.05, 0.1) is 18.0 Å². The predicted octanol–water partition coefficient (Wildman–Crippen LogP) is 0.131. The highest BCUT2D eigenvalue weighted by molar-refractivity contribution is 6.01. The van der Waals surface area contributed by atoms with Crippen LogP contribution in [0.25, 0.3) is 0 Å². The standard InChI is InChI=1S/C10H13N4O2/c1-10(2,9(11)16)5-8(15)14-7-6-12-3-4-13-7/h3-6H,1-2H3,(H2,11,16)(H,13,14,15). The van der Waals surface area contributed by atoms with Crippen LogP contribution in [0.5, 0.6) is 0 Å². The lowest BCUT2D eigenvalue weighted by atomic mass is 9.88. The van der Waals surface area contributed by atoms with E-state index in [0.717, 1.165) is 0 Å². The van der Waals surface area contributed by atoms with E-state index in [1.54, 1.807) is 13.8 Å². The fourth-order valence-electron chi connectivity index (χ4n) is 0.925. The first-order chi connectivity index (χ1) is 7.42. The van der Waals surface area contributed by atoms with Crippen molar-refractivity contribution in [2.24, 2.45) is 11.1 Å². The fourth-order valence-corrected chi connectivity index (χ4v) is 0.925. The molecule has 2 amide bonds. The van der Waals surface area contributed by atoms with Gasteiger partial charge < -0.3 is 11.1 Å². The molecule has 0 spiro atoms. The third-order valence-electron chi connectivity index (χ3n) is 1.94. The second-order valence-corrected chi connectivity index (χ2v) is 3.81. The van der Waals surface area contributed by atoms with Crippen molar-refractivity contribution in [3.8, 4) is 0 Å². The van der Waals surface area contributed by atoms with Crippen molar-refractivity contribution in [3.05, 3.63) is 25.0 Å². The summed E-state index contributed by atoms with van der Waals surface area (Å²) in [6.07, 6.45) is 5.56. The number of anilines is 1. The molecule has 85 valence electrons. The molecule has 1 aromatic heterocycles. The maximum atomic E-state index is 11.5. The molecule has 1 aromatic rings. The van der Waals surface area contributed by atoms with Gasteiger partial charge in [-0.1, -0.05) is 13.8 Å². The monoisotopic (exact) mass is 221 g/mol. The molecule has 16 heavy (non-hydrogen) atoms. The molecule has 6 nitrogen and oxygen atoms in total. The molecule has 6 heteroatoms. The van der Waals surface area contributed by atoms with Crippen molar-refractivity contribution >= 4 is 17.6 Å². The number of primary amides is 1. The van der Waals surface area contributed by atoms with Crippen LogP contribution in [-0.2, 0) is 9.59 Å². The summed E-state index contributed by atoms with van der Waals surface area (Å²) in [7, 11) is 0. The van der Waals surface area contributed by atoms with Crippen LogP contribution in [0.15, 0.2) is 18.6 Å².